The number of nitrogens with zero attached hydrogens (tertiary/aromatic N) is 4. The molecule has 1 N–H and O–H groups in total. The van der Waals surface area contributed by atoms with E-state index < -0.39 is 0 Å². The Morgan fingerprint density at radius 2 is 2.23 bits per heavy atom. The van der Waals surface area contributed by atoms with E-state index in [1.165, 1.54) is 0 Å². The van der Waals surface area contributed by atoms with Crippen LogP contribution in [0.5, 0.6) is 0 Å². The lowest BCUT2D eigenvalue weighted by molar-refractivity contribution is 0.142. The van der Waals surface area contributed by atoms with Crippen LogP contribution in [0.15, 0.2) is 33.6 Å². The smallest absolute Gasteiger partial charge is 0.227 e. The van der Waals surface area contributed by atoms with E-state index in [1.807, 2.05) is 37.8 Å². The minimum Gasteiger partial charge on any atom is -0.441 e. The summed E-state index contributed by atoms with van der Waals surface area (Å²) >= 11 is 1.66. The van der Waals surface area contributed by atoms with Crippen LogP contribution >= 0.6 is 36.2 Å². The summed E-state index contributed by atoms with van der Waals surface area (Å²) in [5.41, 5.74) is 2.06. The maximum Gasteiger partial charge on any atom is 0.227 e. The van der Waals surface area contributed by atoms with Gasteiger partial charge in [-0.2, -0.15) is 11.3 Å². The van der Waals surface area contributed by atoms with Gasteiger partial charge in [-0.3, -0.25) is 4.90 Å². The Hall–Kier alpha value is -1.38. The highest BCUT2D eigenvalue weighted by atomic mass is 35.5. The monoisotopic (exact) mass is 415 g/mol. The van der Waals surface area contributed by atoms with Gasteiger partial charge >= 0.3 is 0 Å². The number of halogens is 2. The topological polar surface area (TPSA) is 59.1 Å². The number of nitrogens with one attached hydrogen (secondary N) is 1. The lowest BCUT2D eigenvalue weighted by atomic mass is 10.1. The molecule has 0 bridgehead atoms. The second-order valence-electron chi connectivity index (χ2n) is 6.12. The molecule has 1 aliphatic heterocycles. The SMILES string of the molecule is Cc1oc(-c2ccsc2)nc1CN1CCNCC1c1nccn1C.Cl.Cl. The Morgan fingerprint density at radius 3 is 2.92 bits per heavy atom. The normalized spacial score (nSPS) is 17.5. The van der Waals surface area contributed by atoms with E-state index in [0.717, 1.165) is 49.0 Å². The number of aryl methyl sites for hydroxylation is 2. The Morgan fingerprint density at radius 1 is 1.38 bits per heavy atom. The molecule has 4 heterocycles. The number of piperazine rings is 1. The van der Waals surface area contributed by atoms with E-state index in [0.29, 0.717) is 5.89 Å². The molecule has 9 heteroatoms. The van der Waals surface area contributed by atoms with Gasteiger partial charge < -0.3 is 14.3 Å². The van der Waals surface area contributed by atoms with Crippen LogP contribution < -0.4 is 5.32 Å². The molecule has 0 amide bonds. The summed E-state index contributed by atoms with van der Waals surface area (Å²) in [6, 6.07) is 2.29. The van der Waals surface area contributed by atoms with Crippen LogP contribution in [-0.2, 0) is 13.6 Å². The molecule has 0 radical (unpaired) electrons. The molecule has 0 spiro atoms. The van der Waals surface area contributed by atoms with Crippen molar-refractivity contribution in [3.63, 3.8) is 0 Å². The lowest BCUT2D eigenvalue weighted by Crippen LogP contribution is -2.46. The Bertz CT molecular complexity index is 817. The lowest BCUT2D eigenvalue weighted by Gasteiger charge is -2.35. The molecule has 0 saturated carbocycles. The molecule has 1 fully saturated rings. The van der Waals surface area contributed by atoms with Gasteiger partial charge in [0.15, 0.2) is 0 Å². The summed E-state index contributed by atoms with van der Waals surface area (Å²) in [6.45, 7) is 5.63. The highest BCUT2D eigenvalue weighted by molar-refractivity contribution is 7.08. The maximum absolute atomic E-state index is 5.88. The van der Waals surface area contributed by atoms with Crippen molar-refractivity contribution >= 4 is 36.2 Å². The van der Waals surface area contributed by atoms with Crippen LogP contribution in [0.1, 0.15) is 23.3 Å². The summed E-state index contributed by atoms with van der Waals surface area (Å²) in [7, 11) is 2.05. The van der Waals surface area contributed by atoms with Gasteiger partial charge in [-0.15, -0.1) is 24.8 Å². The molecule has 0 aromatic carbocycles. The first-order valence-electron chi connectivity index (χ1n) is 8.13. The summed E-state index contributed by atoms with van der Waals surface area (Å²) < 4.78 is 7.98. The Balaban J connectivity index is 0.00000121. The van der Waals surface area contributed by atoms with Gasteiger partial charge in [-0.25, -0.2) is 9.97 Å². The standard InChI is InChI=1S/C17H21N5OS.2ClH/c1-12-14(20-17(23-12)13-3-8-24-11-13)10-22-7-4-18-9-15(22)16-19-5-6-21(16)2;;/h3,5-6,8,11,15,18H,4,7,9-10H2,1-2H3;2*1H. The molecule has 1 unspecified atom stereocenters. The van der Waals surface area contributed by atoms with E-state index in [1.54, 1.807) is 11.3 Å². The van der Waals surface area contributed by atoms with E-state index in [2.05, 4.69) is 25.1 Å². The molecule has 0 aliphatic carbocycles. The number of hydrogen-bond acceptors (Lipinski definition) is 6. The third kappa shape index (κ3) is 4.13. The molecule has 4 rings (SSSR count). The second-order valence-corrected chi connectivity index (χ2v) is 6.90. The summed E-state index contributed by atoms with van der Waals surface area (Å²) in [6.07, 6.45) is 3.86. The average Bonchev–Trinajstić information content (AvgIpc) is 3.30. The molecular weight excluding hydrogens is 393 g/mol. The van der Waals surface area contributed by atoms with Crippen molar-refractivity contribution in [2.45, 2.75) is 19.5 Å². The van der Waals surface area contributed by atoms with Gasteiger partial charge in [0.1, 0.15) is 11.6 Å². The number of aromatic nitrogens is 3. The van der Waals surface area contributed by atoms with Crippen molar-refractivity contribution in [1.82, 2.24) is 24.8 Å². The number of hydrogen-bond donors (Lipinski definition) is 1. The maximum atomic E-state index is 5.88. The third-order valence-electron chi connectivity index (χ3n) is 4.52. The van der Waals surface area contributed by atoms with E-state index in [9.17, 15) is 0 Å². The third-order valence-corrected chi connectivity index (χ3v) is 5.21. The molecule has 142 valence electrons. The molecule has 1 saturated heterocycles. The first kappa shape index (κ1) is 20.9. The molecule has 1 aliphatic rings. The van der Waals surface area contributed by atoms with Crippen LogP contribution in [-0.4, -0.2) is 39.1 Å². The van der Waals surface area contributed by atoms with Crippen molar-refractivity contribution in [1.29, 1.82) is 0 Å². The molecule has 6 nitrogen and oxygen atoms in total. The number of thiophene rings is 1. The molecular formula is C17H23Cl2N5OS. The quantitative estimate of drug-likeness (QED) is 0.706. The molecule has 3 aromatic rings. The summed E-state index contributed by atoms with van der Waals surface area (Å²) in [5.74, 6) is 2.70. The van der Waals surface area contributed by atoms with Crippen molar-refractivity contribution in [3.05, 3.63) is 46.5 Å². The van der Waals surface area contributed by atoms with Gasteiger partial charge in [0.2, 0.25) is 5.89 Å². The molecule has 1 atom stereocenters. The van der Waals surface area contributed by atoms with E-state index in [-0.39, 0.29) is 30.9 Å². The van der Waals surface area contributed by atoms with Crippen LogP contribution in [0.4, 0.5) is 0 Å². The van der Waals surface area contributed by atoms with Gasteiger partial charge in [0.05, 0.1) is 11.7 Å². The number of imidazole rings is 1. The summed E-state index contributed by atoms with van der Waals surface area (Å²) in [4.78, 5) is 11.7. The largest absolute Gasteiger partial charge is 0.441 e. The minimum absolute atomic E-state index is 0. The first-order valence-corrected chi connectivity index (χ1v) is 9.07. The van der Waals surface area contributed by atoms with Crippen LogP contribution in [0.25, 0.3) is 11.5 Å². The van der Waals surface area contributed by atoms with Crippen LogP contribution in [0, 0.1) is 6.92 Å². The summed E-state index contributed by atoms with van der Waals surface area (Å²) in [5, 5.41) is 7.58. The fourth-order valence-corrected chi connectivity index (χ4v) is 3.79. The Kier molecular flexibility index (Phi) is 7.25. The number of rotatable bonds is 4. The predicted octanol–water partition coefficient (Wildman–Crippen LogP) is 3.44. The van der Waals surface area contributed by atoms with Gasteiger partial charge in [0.25, 0.3) is 0 Å². The van der Waals surface area contributed by atoms with Crippen molar-refractivity contribution in [2.75, 3.05) is 19.6 Å². The second kappa shape index (κ2) is 9.01. The van der Waals surface area contributed by atoms with Crippen molar-refractivity contribution in [2.24, 2.45) is 7.05 Å². The van der Waals surface area contributed by atoms with E-state index >= 15 is 0 Å². The zero-order valence-electron chi connectivity index (χ0n) is 14.7. The van der Waals surface area contributed by atoms with Crippen molar-refractivity contribution in [3.8, 4) is 11.5 Å². The van der Waals surface area contributed by atoms with Crippen LogP contribution in [0.2, 0.25) is 0 Å². The highest BCUT2D eigenvalue weighted by Crippen LogP contribution is 2.27. The van der Waals surface area contributed by atoms with Crippen LogP contribution in [0.3, 0.4) is 0 Å². The highest BCUT2D eigenvalue weighted by Gasteiger charge is 2.28. The fourth-order valence-electron chi connectivity index (χ4n) is 3.17. The minimum atomic E-state index is 0. The fraction of sp³-hybridized carbons (Fsp3) is 0.412. The zero-order valence-corrected chi connectivity index (χ0v) is 17.2. The Labute approximate surface area is 169 Å². The molecule has 26 heavy (non-hydrogen) atoms. The predicted molar refractivity (Wildman–Crippen MR) is 108 cm³/mol. The van der Waals surface area contributed by atoms with Crippen molar-refractivity contribution < 1.29 is 4.42 Å². The van der Waals surface area contributed by atoms with Gasteiger partial charge in [0, 0.05) is 56.6 Å². The zero-order chi connectivity index (χ0) is 16.5. The first-order chi connectivity index (χ1) is 11.7. The van der Waals surface area contributed by atoms with Gasteiger partial charge in [-0.05, 0) is 18.4 Å². The average molecular weight is 416 g/mol. The number of oxazole rings is 1. The van der Waals surface area contributed by atoms with Gasteiger partial charge in [-0.1, -0.05) is 0 Å². The van der Waals surface area contributed by atoms with E-state index in [4.69, 9.17) is 9.40 Å². The molecule has 3 aromatic heterocycles.